The molecule has 34 heavy (non-hydrogen) atoms. The Balaban J connectivity index is 1.54. The number of piperidine rings is 1. The minimum atomic E-state index is -1.01. The fourth-order valence-corrected chi connectivity index (χ4v) is 4.47. The van der Waals surface area contributed by atoms with E-state index < -0.39 is 17.5 Å². The molecule has 0 spiro atoms. The largest absolute Gasteiger partial charge is 0.480 e. The minimum Gasteiger partial charge on any atom is -0.480 e. The van der Waals surface area contributed by atoms with Crippen LogP contribution in [-0.2, 0) is 19.2 Å². The lowest BCUT2D eigenvalue weighted by Gasteiger charge is -2.42. The van der Waals surface area contributed by atoms with E-state index >= 15 is 0 Å². The van der Waals surface area contributed by atoms with Gasteiger partial charge in [-0.2, -0.15) is 10.6 Å². The van der Waals surface area contributed by atoms with Crippen LogP contribution in [0.4, 0.5) is 0 Å². The lowest BCUT2D eigenvalue weighted by atomic mass is 9.84. The van der Waals surface area contributed by atoms with Gasteiger partial charge in [0, 0.05) is 26.1 Å². The maximum absolute atomic E-state index is 11.1. The standard InChI is InChI=1S/C24H36N4O6/c1-2-3-10-25-26-15-18-4-6-19(7-5-18)21-13-20(34-27-21)14-24(33-17-23(31)32)8-11-28(12-9-24)16-22(29)30/h4-7,15,20-21,25,27H,2-3,8-14,16-17H2,1H3,(H,29,30)(H,31,32). The lowest BCUT2D eigenvalue weighted by molar-refractivity contribution is -0.159. The van der Waals surface area contributed by atoms with Crippen molar-refractivity contribution in [3.63, 3.8) is 0 Å². The summed E-state index contributed by atoms with van der Waals surface area (Å²) in [7, 11) is 0. The van der Waals surface area contributed by atoms with Crippen LogP contribution in [0.1, 0.15) is 62.6 Å². The molecular formula is C24H36N4O6. The number of rotatable bonds is 13. The smallest absolute Gasteiger partial charge is 0.329 e. The van der Waals surface area contributed by atoms with Crippen LogP contribution in [0.25, 0.3) is 0 Å². The molecule has 2 aliphatic rings. The Kier molecular flexibility index (Phi) is 9.82. The third-order valence-corrected chi connectivity index (χ3v) is 6.39. The van der Waals surface area contributed by atoms with Crippen LogP contribution >= 0.6 is 0 Å². The number of hydrazone groups is 1. The van der Waals surface area contributed by atoms with Crippen molar-refractivity contribution in [1.29, 1.82) is 0 Å². The van der Waals surface area contributed by atoms with Crippen molar-refractivity contribution in [2.24, 2.45) is 5.10 Å². The average Bonchev–Trinajstić information content (AvgIpc) is 3.27. The van der Waals surface area contributed by atoms with Gasteiger partial charge in [0.2, 0.25) is 0 Å². The van der Waals surface area contributed by atoms with Gasteiger partial charge >= 0.3 is 11.9 Å². The highest BCUT2D eigenvalue weighted by atomic mass is 16.7. The summed E-state index contributed by atoms with van der Waals surface area (Å²) in [5, 5.41) is 22.4. The molecule has 2 heterocycles. The summed E-state index contributed by atoms with van der Waals surface area (Å²) < 4.78 is 5.86. The second-order valence-corrected chi connectivity index (χ2v) is 9.07. The summed E-state index contributed by atoms with van der Waals surface area (Å²) in [6.45, 7) is 3.71. The number of benzene rings is 1. The normalized spacial score (nSPS) is 22.7. The maximum atomic E-state index is 11.1. The Hall–Kier alpha value is -2.53. The Morgan fingerprint density at radius 1 is 1.26 bits per heavy atom. The summed E-state index contributed by atoms with van der Waals surface area (Å²) >= 11 is 0. The van der Waals surface area contributed by atoms with E-state index in [9.17, 15) is 9.59 Å². The number of aliphatic carboxylic acids is 2. The van der Waals surface area contributed by atoms with Gasteiger partial charge < -0.3 is 20.4 Å². The van der Waals surface area contributed by atoms with E-state index in [0.717, 1.165) is 36.9 Å². The number of carboxylic acid groups (broad SMARTS) is 2. The molecule has 3 rings (SSSR count). The molecule has 10 heteroatoms. The molecule has 1 aromatic rings. The van der Waals surface area contributed by atoms with Gasteiger partial charge in [0.25, 0.3) is 0 Å². The third-order valence-electron chi connectivity index (χ3n) is 6.39. The van der Waals surface area contributed by atoms with Crippen molar-refractivity contribution in [3.8, 4) is 0 Å². The molecule has 2 aliphatic heterocycles. The number of likely N-dealkylation sites (tertiary alicyclic amines) is 1. The zero-order chi connectivity index (χ0) is 24.4. The van der Waals surface area contributed by atoms with Crippen LogP contribution in [0.2, 0.25) is 0 Å². The van der Waals surface area contributed by atoms with E-state index in [1.165, 1.54) is 0 Å². The second-order valence-electron chi connectivity index (χ2n) is 9.07. The molecular weight excluding hydrogens is 440 g/mol. The first-order chi connectivity index (χ1) is 16.4. The number of nitrogens with one attached hydrogen (secondary N) is 2. The molecule has 0 aliphatic carbocycles. The summed E-state index contributed by atoms with van der Waals surface area (Å²) in [6.07, 6.45) is 6.33. The Morgan fingerprint density at radius 3 is 2.65 bits per heavy atom. The van der Waals surface area contributed by atoms with Crippen LogP contribution in [0.3, 0.4) is 0 Å². The maximum Gasteiger partial charge on any atom is 0.329 e. The number of hydrogen-bond acceptors (Lipinski definition) is 8. The number of carboxylic acids is 2. The highest BCUT2D eigenvalue weighted by Gasteiger charge is 2.41. The van der Waals surface area contributed by atoms with Gasteiger partial charge in [0.1, 0.15) is 6.61 Å². The summed E-state index contributed by atoms with van der Waals surface area (Å²) in [6, 6.07) is 8.17. The Bertz CT molecular complexity index is 823. The first-order valence-corrected chi connectivity index (χ1v) is 12.0. The van der Waals surface area contributed by atoms with E-state index in [0.29, 0.717) is 32.4 Å². The predicted molar refractivity (Wildman–Crippen MR) is 127 cm³/mol. The number of ether oxygens (including phenoxy) is 1. The van der Waals surface area contributed by atoms with Gasteiger partial charge in [-0.15, -0.1) is 0 Å². The number of unbranched alkanes of at least 4 members (excludes halogenated alkanes) is 1. The molecule has 2 fully saturated rings. The topological polar surface area (TPSA) is 133 Å². The van der Waals surface area contributed by atoms with Crippen LogP contribution in [-0.4, -0.2) is 77.8 Å². The van der Waals surface area contributed by atoms with Gasteiger partial charge in [-0.1, -0.05) is 37.6 Å². The van der Waals surface area contributed by atoms with Crippen molar-refractivity contribution < 1.29 is 29.4 Å². The van der Waals surface area contributed by atoms with Crippen LogP contribution in [0, 0.1) is 0 Å². The number of hydrogen-bond donors (Lipinski definition) is 4. The quantitative estimate of drug-likeness (QED) is 0.192. The van der Waals surface area contributed by atoms with Crippen LogP contribution < -0.4 is 10.9 Å². The third kappa shape index (κ3) is 8.05. The van der Waals surface area contributed by atoms with Gasteiger partial charge in [-0.3, -0.25) is 14.5 Å². The molecule has 2 atom stereocenters. The zero-order valence-corrected chi connectivity index (χ0v) is 19.7. The molecule has 4 N–H and O–H groups in total. The predicted octanol–water partition coefficient (Wildman–Crippen LogP) is 2.16. The van der Waals surface area contributed by atoms with Gasteiger partial charge in [-0.25, -0.2) is 4.79 Å². The molecule has 10 nitrogen and oxygen atoms in total. The van der Waals surface area contributed by atoms with Crippen molar-refractivity contribution in [3.05, 3.63) is 35.4 Å². The highest BCUT2D eigenvalue weighted by Crippen LogP contribution is 2.36. The van der Waals surface area contributed by atoms with E-state index in [-0.39, 0.29) is 25.3 Å². The second kappa shape index (κ2) is 12.8. The van der Waals surface area contributed by atoms with Crippen LogP contribution in [0.5, 0.6) is 0 Å². The number of carbonyl (C=O) groups is 2. The van der Waals surface area contributed by atoms with Crippen LogP contribution in [0.15, 0.2) is 29.4 Å². The molecule has 1 aromatic carbocycles. The summed E-state index contributed by atoms with van der Waals surface area (Å²) in [5.41, 5.74) is 7.63. The first kappa shape index (κ1) is 26.1. The van der Waals surface area contributed by atoms with E-state index in [1.54, 1.807) is 6.21 Å². The Labute approximate surface area is 200 Å². The molecule has 0 aromatic heterocycles. The SMILES string of the molecule is CCCCNN=Cc1ccc(C2CC(CC3(OCC(=O)O)CCN(CC(=O)O)CC3)ON2)cc1. The lowest BCUT2D eigenvalue weighted by Crippen LogP contribution is -2.49. The first-order valence-electron chi connectivity index (χ1n) is 12.0. The highest BCUT2D eigenvalue weighted by molar-refractivity contribution is 5.79. The van der Waals surface area contributed by atoms with Gasteiger partial charge in [-0.05, 0) is 36.8 Å². The minimum absolute atomic E-state index is 0.0198. The van der Waals surface area contributed by atoms with Crippen molar-refractivity contribution >= 4 is 18.2 Å². The molecule has 2 unspecified atom stereocenters. The Morgan fingerprint density at radius 2 is 2.00 bits per heavy atom. The molecule has 2 saturated heterocycles. The monoisotopic (exact) mass is 476 g/mol. The summed E-state index contributed by atoms with van der Waals surface area (Å²) in [4.78, 5) is 29.9. The van der Waals surface area contributed by atoms with Crippen molar-refractivity contribution in [1.82, 2.24) is 15.8 Å². The van der Waals surface area contributed by atoms with Gasteiger partial charge in [0.05, 0.1) is 30.5 Å². The number of nitrogens with zero attached hydrogens (tertiary/aromatic N) is 2. The van der Waals surface area contributed by atoms with E-state index in [4.69, 9.17) is 19.8 Å². The van der Waals surface area contributed by atoms with E-state index in [1.807, 2.05) is 17.0 Å². The molecule has 188 valence electrons. The fraction of sp³-hybridized carbons (Fsp3) is 0.625. The average molecular weight is 477 g/mol. The van der Waals surface area contributed by atoms with E-state index in [2.05, 4.69) is 35.1 Å². The van der Waals surface area contributed by atoms with Crippen molar-refractivity contribution in [2.45, 2.75) is 63.2 Å². The summed E-state index contributed by atoms with van der Waals surface area (Å²) in [5.74, 6) is -1.88. The van der Waals surface area contributed by atoms with Gasteiger partial charge in [0.15, 0.2) is 0 Å². The molecule has 0 saturated carbocycles. The zero-order valence-electron chi connectivity index (χ0n) is 19.7. The molecule has 0 radical (unpaired) electrons. The molecule has 0 bridgehead atoms. The number of hydroxylamine groups is 1. The van der Waals surface area contributed by atoms with Crippen molar-refractivity contribution in [2.75, 3.05) is 32.8 Å². The molecule has 0 amide bonds. The fourth-order valence-electron chi connectivity index (χ4n) is 4.47.